The average Bonchev–Trinajstić information content (AvgIpc) is 2.20. The molecule has 0 spiro atoms. The van der Waals surface area contributed by atoms with E-state index >= 15 is 0 Å². The van der Waals surface area contributed by atoms with Crippen LogP contribution < -0.4 is 5.32 Å². The molecule has 96 valence electrons. The lowest BCUT2D eigenvalue weighted by atomic mass is 10.1. The summed E-state index contributed by atoms with van der Waals surface area (Å²) in [6.45, 7) is 5.10. The summed E-state index contributed by atoms with van der Waals surface area (Å²) in [6, 6.07) is 0. The molecule has 1 atom stereocenters. The van der Waals surface area contributed by atoms with Crippen molar-refractivity contribution in [2.75, 3.05) is 31.8 Å². The average molecular weight is 249 g/mol. The van der Waals surface area contributed by atoms with Crippen molar-refractivity contribution < 1.29 is 14.6 Å². The third-order valence-electron chi connectivity index (χ3n) is 1.94. The predicted molar refractivity (Wildman–Crippen MR) is 67.7 cm³/mol. The highest BCUT2D eigenvalue weighted by Crippen LogP contribution is 2.03. The Labute approximate surface area is 102 Å². The van der Waals surface area contributed by atoms with Gasteiger partial charge in [0.1, 0.15) is 0 Å². The SMILES string of the molecule is COCCSCC(=O)NCC(O)CC(C)C. The van der Waals surface area contributed by atoms with Crippen LogP contribution in [0.5, 0.6) is 0 Å². The maximum atomic E-state index is 11.3. The number of rotatable bonds is 9. The first kappa shape index (κ1) is 15.7. The van der Waals surface area contributed by atoms with Gasteiger partial charge in [0, 0.05) is 19.4 Å². The number of amides is 1. The summed E-state index contributed by atoms with van der Waals surface area (Å²) in [5.41, 5.74) is 0. The Balaban J connectivity index is 3.42. The molecule has 0 fully saturated rings. The number of carbonyl (C=O) groups excluding carboxylic acids is 1. The van der Waals surface area contributed by atoms with E-state index in [0.717, 1.165) is 12.2 Å². The Morgan fingerprint density at radius 3 is 2.75 bits per heavy atom. The van der Waals surface area contributed by atoms with Gasteiger partial charge in [-0.1, -0.05) is 13.8 Å². The maximum absolute atomic E-state index is 11.3. The highest BCUT2D eigenvalue weighted by Gasteiger charge is 2.08. The molecule has 1 amide bonds. The summed E-state index contributed by atoms with van der Waals surface area (Å²) < 4.78 is 4.87. The molecular formula is C11H23NO3S. The lowest BCUT2D eigenvalue weighted by Crippen LogP contribution is -2.33. The van der Waals surface area contributed by atoms with Gasteiger partial charge in [-0.05, 0) is 12.3 Å². The van der Waals surface area contributed by atoms with Crippen molar-refractivity contribution in [3.8, 4) is 0 Å². The number of thioether (sulfide) groups is 1. The second kappa shape index (κ2) is 9.93. The number of hydrogen-bond acceptors (Lipinski definition) is 4. The van der Waals surface area contributed by atoms with Crippen molar-refractivity contribution in [1.82, 2.24) is 5.32 Å². The van der Waals surface area contributed by atoms with Crippen molar-refractivity contribution >= 4 is 17.7 Å². The summed E-state index contributed by atoms with van der Waals surface area (Å²) in [5, 5.41) is 12.3. The van der Waals surface area contributed by atoms with Crippen molar-refractivity contribution in [1.29, 1.82) is 0 Å². The first-order valence-corrected chi connectivity index (χ1v) is 6.73. The predicted octanol–water partition coefficient (Wildman–Crippen LogP) is 0.889. The molecule has 0 aromatic heterocycles. The summed E-state index contributed by atoms with van der Waals surface area (Å²) in [4.78, 5) is 11.3. The summed E-state index contributed by atoms with van der Waals surface area (Å²) in [5.74, 6) is 1.67. The number of nitrogens with one attached hydrogen (secondary N) is 1. The standard InChI is InChI=1S/C11H23NO3S/c1-9(2)6-10(13)7-12-11(14)8-16-5-4-15-3/h9-10,13H,4-8H2,1-3H3,(H,12,14). The molecule has 0 aliphatic heterocycles. The quantitative estimate of drug-likeness (QED) is 0.596. The normalized spacial score (nSPS) is 12.8. The van der Waals surface area contributed by atoms with Crippen LogP contribution in [0, 0.1) is 5.92 Å². The van der Waals surface area contributed by atoms with E-state index in [2.05, 4.69) is 5.32 Å². The second-order valence-corrected chi connectivity index (χ2v) is 5.24. The van der Waals surface area contributed by atoms with E-state index in [0.29, 0.717) is 24.8 Å². The van der Waals surface area contributed by atoms with Gasteiger partial charge in [0.25, 0.3) is 0 Å². The van der Waals surface area contributed by atoms with Gasteiger partial charge in [0.15, 0.2) is 0 Å². The Morgan fingerprint density at radius 1 is 1.50 bits per heavy atom. The van der Waals surface area contributed by atoms with E-state index in [4.69, 9.17) is 4.74 Å². The van der Waals surface area contributed by atoms with Gasteiger partial charge in [-0.2, -0.15) is 0 Å². The van der Waals surface area contributed by atoms with Crippen LogP contribution in [0.25, 0.3) is 0 Å². The molecule has 0 saturated heterocycles. The van der Waals surface area contributed by atoms with E-state index in [1.165, 1.54) is 11.8 Å². The topological polar surface area (TPSA) is 58.6 Å². The third kappa shape index (κ3) is 10.3. The lowest BCUT2D eigenvalue weighted by molar-refractivity contribution is -0.119. The van der Waals surface area contributed by atoms with Crippen molar-refractivity contribution in [3.63, 3.8) is 0 Å². The third-order valence-corrected chi connectivity index (χ3v) is 2.86. The highest BCUT2D eigenvalue weighted by molar-refractivity contribution is 7.99. The van der Waals surface area contributed by atoms with Gasteiger partial charge in [-0.25, -0.2) is 0 Å². The van der Waals surface area contributed by atoms with Crippen molar-refractivity contribution in [2.24, 2.45) is 5.92 Å². The Bertz CT molecular complexity index is 188. The van der Waals surface area contributed by atoms with Crippen LogP contribution in [-0.4, -0.2) is 48.9 Å². The van der Waals surface area contributed by atoms with Gasteiger partial charge in [0.2, 0.25) is 5.91 Å². The number of hydrogen-bond donors (Lipinski definition) is 2. The monoisotopic (exact) mass is 249 g/mol. The maximum Gasteiger partial charge on any atom is 0.230 e. The van der Waals surface area contributed by atoms with E-state index in [1.807, 2.05) is 13.8 Å². The zero-order valence-electron chi connectivity index (χ0n) is 10.4. The first-order valence-electron chi connectivity index (χ1n) is 5.57. The van der Waals surface area contributed by atoms with Gasteiger partial charge in [0.05, 0.1) is 18.5 Å². The minimum Gasteiger partial charge on any atom is -0.391 e. The van der Waals surface area contributed by atoms with Gasteiger partial charge < -0.3 is 15.2 Å². The summed E-state index contributed by atoms with van der Waals surface area (Å²) >= 11 is 1.53. The molecule has 0 rings (SSSR count). The molecule has 16 heavy (non-hydrogen) atoms. The molecule has 0 bridgehead atoms. The van der Waals surface area contributed by atoms with Crippen LogP contribution in [-0.2, 0) is 9.53 Å². The molecule has 0 heterocycles. The Kier molecular flexibility index (Phi) is 9.77. The van der Waals surface area contributed by atoms with E-state index in [9.17, 15) is 9.90 Å². The van der Waals surface area contributed by atoms with E-state index in [-0.39, 0.29) is 5.91 Å². The van der Waals surface area contributed by atoms with Gasteiger partial charge in [-0.15, -0.1) is 11.8 Å². The lowest BCUT2D eigenvalue weighted by Gasteiger charge is -2.13. The molecule has 0 aromatic carbocycles. The summed E-state index contributed by atoms with van der Waals surface area (Å²) in [6.07, 6.45) is 0.282. The Morgan fingerprint density at radius 2 is 2.19 bits per heavy atom. The molecule has 0 aliphatic rings. The molecular weight excluding hydrogens is 226 g/mol. The van der Waals surface area contributed by atoms with Gasteiger partial charge >= 0.3 is 0 Å². The molecule has 5 heteroatoms. The van der Waals surface area contributed by atoms with Crippen LogP contribution in [0.3, 0.4) is 0 Å². The fourth-order valence-electron chi connectivity index (χ4n) is 1.22. The van der Waals surface area contributed by atoms with Crippen LogP contribution >= 0.6 is 11.8 Å². The minimum atomic E-state index is -0.437. The number of methoxy groups -OCH3 is 1. The molecule has 0 aromatic rings. The highest BCUT2D eigenvalue weighted by atomic mass is 32.2. The molecule has 1 unspecified atom stereocenters. The van der Waals surface area contributed by atoms with E-state index < -0.39 is 6.10 Å². The number of aliphatic hydroxyl groups is 1. The van der Waals surface area contributed by atoms with Gasteiger partial charge in [-0.3, -0.25) is 4.79 Å². The molecule has 4 nitrogen and oxygen atoms in total. The van der Waals surface area contributed by atoms with Crippen LogP contribution in [0.1, 0.15) is 20.3 Å². The molecule has 0 saturated carbocycles. The first-order chi connectivity index (χ1) is 7.56. The fourth-order valence-corrected chi connectivity index (χ4v) is 1.93. The van der Waals surface area contributed by atoms with Crippen LogP contribution in [0.4, 0.5) is 0 Å². The zero-order valence-corrected chi connectivity index (χ0v) is 11.2. The number of ether oxygens (including phenoxy) is 1. The summed E-state index contributed by atoms with van der Waals surface area (Å²) in [7, 11) is 1.64. The number of carbonyl (C=O) groups is 1. The van der Waals surface area contributed by atoms with Crippen molar-refractivity contribution in [2.45, 2.75) is 26.4 Å². The fraction of sp³-hybridized carbons (Fsp3) is 0.909. The zero-order chi connectivity index (χ0) is 12.4. The number of aliphatic hydroxyl groups excluding tert-OH is 1. The Hall–Kier alpha value is -0.260. The van der Waals surface area contributed by atoms with Crippen LogP contribution in [0.15, 0.2) is 0 Å². The largest absolute Gasteiger partial charge is 0.391 e. The smallest absolute Gasteiger partial charge is 0.230 e. The van der Waals surface area contributed by atoms with Crippen molar-refractivity contribution in [3.05, 3.63) is 0 Å². The molecule has 0 radical (unpaired) electrons. The molecule has 0 aliphatic carbocycles. The minimum absolute atomic E-state index is 0.0242. The van der Waals surface area contributed by atoms with Crippen LogP contribution in [0.2, 0.25) is 0 Å². The molecule has 2 N–H and O–H groups in total. The second-order valence-electron chi connectivity index (χ2n) is 4.13. The van der Waals surface area contributed by atoms with E-state index in [1.54, 1.807) is 7.11 Å².